The molecule has 0 saturated carbocycles. The van der Waals surface area contributed by atoms with Crippen molar-refractivity contribution in [3.8, 4) is 6.07 Å². The molecule has 0 radical (unpaired) electrons. The van der Waals surface area contributed by atoms with Gasteiger partial charge in [-0.15, -0.1) is 0 Å². The third kappa shape index (κ3) is 4.95. The number of hydrogen-bond donors (Lipinski definition) is 2. The number of carbonyl (C=O) groups is 2. The highest BCUT2D eigenvalue weighted by atomic mass is 35.5. The monoisotopic (exact) mass is 367 g/mol. The number of amides is 1. The van der Waals surface area contributed by atoms with Gasteiger partial charge in [0.15, 0.2) is 0 Å². The molecule has 132 valence electrons. The summed E-state index contributed by atoms with van der Waals surface area (Å²) in [6.45, 7) is 2.39. The van der Waals surface area contributed by atoms with Gasteiger partial charge in [-0.1, -0.05) is 30.7 Å². The predicted octanol–water partition coefficient (Wildman–Crippen LogP) is 3.92. The van der Waals surface area contributed by atoms with Crippen molar-refractivity contribution in [2.24, 2.45) is 0 Å². The van der Waals surface area contributed by atoms with Crippen molar-refractivity contribution in [1.29, 1.82) is 5.26 Å². The molecule has 0 aliphatic carbocycles. The lowest BCUT2D eigenvalue weighted by Crippen LogP contribution is -2.29. The van der Waals surface area contributed by atoms with Crippen LogP contribution < -0.4 is 10.6 Å². The second kappa shape index (κ2) is 9.40. The number of nitrogens with zero attached hydrogens (tertiary/aromatic N) is 1. The van der Waals surface area contributed by atoms with Gasteiger partial charge >= 0.3 is 0 Å². The van der Waals surface area contributed by atoms with E-state index >= 15 is 0 Å². The Morgan fingerprint density at radius 2 is 1.85 bits per heavy atom. The zero-order valence-corrected chi connectivity index (χ0v) is 15.0. The van der Waals surface area contributed by atoms with Crippen LogP contribution in [0.1, 0.15) is 29.3 Å². The summed E-state index contributed by atoms with van der Waals surface area (Å²) >= 11 is 6.09. The van der Waals surface area contributed by atoms with E-state index in [1.54, 1.807) is 48.5 Å². The lowest BCUT2D eigenvalue weighted by atomic mass is 10.0. The maximum absolute atomic E-state index is 12.8. The molecule has 2 aromatic rings. The Bertz CT molecular complexity index is 867. The highest BCUT2D eigenvalue weighted by molar-refractivity contribution is 6.37. The molecule has 2 aromatic carbocycles. The predicted molar refractivity (Wildman–Crippen MR) is 102 cm³/mol. The highest BCUT2D eigenvalue weighted by Crippen LogP contribution is 2.19. The van der Waals surface area contributed by atoms with Crippen molar-refractivity contribution in [2.45, 2.75) is 13.3 Å². The number of benzene rings is 2. The maximum Gasteiger partial charge on any atom is 0.256 e. The topological polar surface area (TPSA) is 82.0 Å². The second-order valence-electron chi connectivity index (χ2n) is 5.46. The van der Waals surface area contributed by atoms with E-state index in [9.17, 15) is 9.59 Å². The number of nitriles is 1. The molecule has 2 rings (SSSR count). The van der Waals surface area contributed by atoms with E-state index in [-0.39, 0.29) is 16.2 Å². The van der Waals surface area contributed by atoms with Crippen molar-refractivity contribution in [2.75, 3.05) is 11.9 Å². The number of rotatable bonds is 7. The molecule has 0 spiro atoms. The molecule has 0 aliphatic heterocycles. The van der Waals surface area contributed by atoms with Crippen molar-refractivity contribution >= 4 is 29.0 Å². The number of ketones is 1. The smallest absolute Gasteiger partial charge is 0.256 e. The van der Waals surface area contributed by atoms with Crippen LogP contribution in [0.4, 0.5) is 5.69 Å². The van der Waals surface area contributed by atoms with Crippen LogP contribution in [0, 0.1) is 11.3 Å². The zero-order chi connectivity index (χ0) is 18.9. The van der Waals surface area contributed by atoms with E-state index < -0.39 is 11.7 Å². The highest BCUT2D eigenvalue weighted by Gasteiger charge is 2.21. The van der Waals surface area contributed by atoms with Gasteiger partial charge in [0.05, 0.1) is 16.7 Å². The van der Waals surface area contributed by atoms with Crippen LogP contribution in [0.15, 0.2) is 60.3 Å². The van der Waals surface area contributed by atoms with E-state index in [2.05, 4.69) is 10.6 Å². The SMILES string of the molecule is CCCNC(=O)/C(=C\Nc1ccc(C#N)cc1)C(=O)c1ccccc1Cl. The number of carbonyl (C=O) groups excluding carboxylic acids is 2. The first-order valence-corrected chi connectivity index (χ1v) is 8.49. The Morgan fingerprint density at radius 1 is 1.15 bits per heavy atom. The van der Waals surface area contributed by atoms with Crippen LogP contribution in [0.3, 0.4) is 0 Å². The van der Waals surface area contributed by atoms with E-state index in [0.717, 1.165) is 6.42 Å². The van der Waals surface area contributed by atoms with E-state index in [1.165, 1.54) is 6.20 Å². The normalized spacial score (nSPS) is 10.7. The first-order valence-electron chi connectivity index (χ1n) is 8.11. The molecule has 5 nitrogen and oxygen atoms in total. The summed E-state index contributed by atoms with van der Waals surface area (Å²) in [5, 5.41) is 14.7. The number of nitrogens with one attached hydrogen (secondary N) is 2. The quantitative estimate of drug-likeness (QED) is 0.336. The summed E-state index contributed by atoms with van der Waals surface area (Å²) < 4.78 is 0. The number of anilines is 1. The lowest BCUT2D eigenvalue weighted by molar-refractivity contribution is -0.117. The minimum absolute atomic E-state index is 0.0455. The molecule has 0 aromatic heterocycles. The summed E-state index contributed by atoms with van der Waals surface area (Å²) in [6, 6.07) is 15.3. The van der Waals surface area contributed by atoms with Gasteiger partial charge in [0.25, 0.3) is 5.91 Å². The molecule has 1 amide bonds. The Balaban J connectivity index is 2.30. The van der Waals surface area contributed by atoms with Crippen LogP contribution in [-0.4, -0.2) is 18.2 Å². The maximum atomic E-state index is 12.8. The molecule has 0 heterocycles. The zero-order valence-electron chi connectivity index (χ0n) is 14.3. The van der Waals surface area contributed by atoms with E-state index in [0.29, 0.717) is 17.8 Å². The van der Waals surface area contributed by atoms with E-state index in [1.807, 2.05) is 13.0 Å². The molecule has 26 heavy (non-hydrogen) atoms. The standard InChI is InChI=1S/C20H18ClN3O2/c1-2-11-23-20(26)17(19(25)16-5-3-4-6-18(16)21)13-24-15-9-7-14(12-22)8-10-15/h3-10,13,24H,2,11H2,1H3,(H,23,26)/b17-13-. The summed E-state index contributed by atoms with van der Waals surface area (Å²) in [5.41, 5.74) is 1.38. The summed E-state index contributed by atoms with van der Waals surface area (Å²) in [6.07, 6.45) is 2.11. The molecule has 0 bridgehead atoms. The van der Waals surface area contributed by atoms with Gasteiger partial charge in [-0.2, -0.15) is 5.26 Å². The Labute approximate surface area is 157 Å². The molecule has 6 heteroatoms. The molecule has 0 fully saturated rings. The minimum atomic E-state index is -0.474. The Morgan fingerprint density at radius 3 is 2.46 bits per heavy atom. The van der Waals surface area contributed by atoms with Crippen LogP contribution in [-0.2, 0) is 4.79 Å². The summed E-state index contributed by atoms with van der Waals surface area (Å²) in [5.74, 6) is -0.941. The number of halogens is 1. The summed E-state index contributed by atoms with van der Waals surface area (Å²) in [4.78, 5) is 25.2. The minimum Gasteiger partial charge on any atom is -0.361 e. The van der Waals surface area contributed by atoms with Crippen molar-refractivity contribution in [3.63, 3.8) is 0 Å². The fourth-order valence-corrected chi connectivity index (χ4v) is 2.38. The Kier molecular flexibility index (Phi) is 6.95. The largest absolute Gasteiger partial charge is 0.361 e. The lowest BCUT2D eigenvalue weighted by Gasteiger charge is -2.10. The van der Waals surface area contributed by atoms with E-state index in [4.69, 9.17) is 16.9 Å². The number of hydrogen-bond acceptors (Lipinski definition) is 4. The van der Waals surface area contributed by atoms with Gasteiger partial charge in [-0.25, -0.2) is 0 Å². The first kappa shape index (κ1) is 19.2. The molecule has 2 N–H and O–H groups in total. The molecule has 0 atom stereocenters. The Hall–Kier alpha value is -3.10. The second-order valence-corrected chi connectivity index (χ2v) is 5.86. The molecular weight excluding hydrogens is 350 g/mol. The first-order chi connectivity index (χ1) is 12.6. The molecule has 0 unspecified atom stereocenters. The van der Waals surface area contributed by atoms with Gasteiger partial charge in [-0.05, 0) is 42.8 Å². The summed E-state index contributed by atoms with van der Waals surface area (Å²) in [7, 11) is 0. The number of Topliss-reactive ketones (excluding diaryl/α,β-unsaturated/α-hetero) is 1. The average Bonchev–Trinajstić information content (AvgIpc) is 2.67. The van der Waals surface area contributed by atoms with Gasteiger partial charge in [0, 0.05) is 24.0 Å². The van der Waals surface area contributed by atoms with Crippen LogP contribution in [0.2, 0.25) is 5.02 Å². The van der Waals surface area contributed by atoms with Gasteiger partial charge in [-0.3, -0.25) is 9.59 Å². The molecular formula is C20H18ClN3O2. The molecule has 0 aliphatic rings. The van der Waals surface area contributed by atoms with Crippen molar-refractivity contribution < 1.29 is 9.59 Å². The van der Waals surface area contributed by atoms with Gasteiger partial charge < -0.3 is 10.6 Å². The van der Waals surface area contributed by atoms with Gasteiger partial charge in [0.2, 0.25) is 5.78 Å². The van der Waals surface area contributed by atoms with Gasteiger partial charge in [0.1, 0.15) is 5.57 Å². The fraction of sp³-hybridized carbons (Fsp3) is 0.150. The van der Waals surface area contributed by atoms with Crippen molar-refractivity contribution in [3.05, 3.63) is 76.5 Å². The van der Waals surface area contributed by atoms with Crippen LogP contribution in [0.5, 0.6) is 0 Å². The fourth-order valence-electron chi connectivity index (χ4n) is 2.15. The van der Waals surface area contributed by atoms with Crippen LogP contribution in [0.25, 0.3) is 0 Å². The average molecular weight is 368 g/mol. The third-order valence-corrected chi connectivity index (χ3v) is 3.87. The third-order valence-electron chi connectivity index (χ3n) is 3.54. The van der Waals surface area contributed by atoms with Crippen LogP contribution >= 0.6 is 11.6 Å². The van der Waals surface area contributed by atoms with Crippen molar-refractivity contribution in [1.82, 2.24) is 5.32 Å². The molecule has 0 saturated heterocycles.